The number of anilines is 2. The molecule has 7 nitrogen and oxygen atoms in total. The number of aryl methyl sites for hydroxylation is 1. The van der Waals surface area contributed by atoms with Crippen LogP contribution in [0.15, 0.2) is 71.9 Å². The van der Waals surface area contributed by atoms with E-state index in [0.29, 0.717) is 28.7 Å². The first kappa shape index (κ1) is 21.2. The largest absolute Gasteiger partial charge is 0.497 e. The van der Waals surface area contributed by atoms with Gasteiger partial charge in [-0.15, -0.1) is 0 Å². The van der Waals surface area contributed by atoms with E-state index in [9.17, 15) is 9.59 Å². The third-order valence-electron chi connectivity index (χ3n) is 5.27. The van der Waals surface area contributed by atoms with Crippen LogP contribution in [0.2, 0.25) is 0 Å². The fourth-order valence-electron chi connectivity index (χ4n) is 3.51. The maximum atomic E-state index is 13.2. The molecule has 7 heteroatoms. The molecule has 2 amide bonds. The van der Waals surface area contributed by atoms with Crippen LogP contribution >= 0.6 is 0 Å². The van der Waals surface area contributed by atoms with Gasteiger partial charge in [-0.25, -0.2) is 9.98 Å². The summed E-state index contributed by atoms with van der Waals surface area (Å²) < 4.78 is 5.14. The summed E-state index contributed by atoms with van der Waals surface area (Å²) in [7, 11) is 1.58. The van der Waals surface area contributed by atoms with Crippen molar-refractivity contribution < 1.29 is 14.3 Å². The highest BCUT2D eigenvalue weighted by Crippen LogP contribution is 2.31. The average Bonchev–Trinajstić information content (AvgIpc) is 2.96. The number of aliphatic imine (C=N–C) groups is 1. The van der Waals surface area contributed by atoms with Crippen LogP contribution in [0.25, 0.3) is 0 Å². The Morgan fingerprint density at radius 3 is 2.53 bits per heavy atom. The zero-order valence-corrected chi connectivity index (χ0v) is 18.0. The summed E-state index contributed by atoms with van der Waals surface area (Å²) in [5.74, 6) is 0.518. The van der Waals surface area contributed by atoms with E-state index in [-0.39, 0.29) is 24.8 Å². The minimum Gasteiger partial charge on any atom is -0.497 e. The standard InChI is InChI=1S/C25H24N4O3/c1-3-17-6-8-18(9-7-17)22-15-24(31)29(25-21(28-22)5-4-14-26-25)16-23(30)27-19-10-12-20(32-2)13-11-19/h4-14H,3,15-16H2,1-2H3,(H,27,30). The molecule has 1 N–H and O–H groups in total. The highest BCUT2D eigenvalue weighted by Gasteiger charge is 2.27. The summed E-state index contributed by atoms with van der Waals surface area (Å²) in [6.07, 6.45) is 2.62. The molecule has 2 heterocycles. The third kappa shape index (κ3) is 4.67. The van der Waals surface area contributed by atoms with Gasteiger partial charge in [-0.2, -0.15) is 0 Å². The second-order valence-corrected chi connectivity index (χ2v) is 7.39. The summed E-state index contributed by atoms with van der Waals surface area (Å²) in [4.78, 5) is 36.4. The van der Waals surface area contributed by atoms with Crippen LogP contribution in [-0.2, 0) is 16.0 Å². The van der Waals surface area contributed by atoms with Gasteiger partial charge in [-0.05, 0) is 53.9 Å². The molecule has 0 atom stereocenters. The van der Waals surface area contributed by atoms with E-state index < -0.39 is 0 Å². The average molecular weight is 428 g/mol. The van der Waals surface area contributed by atoms with E-state index >= 15 is 0 Å². The summed E-state index contributed by atoms with van der Waals surface area (Å²) in [5, 5.41) is 2.81. The minimum absolute atomic E-state index is 0.0810. The lowest BCUT2D eigenvalue weighted by molar-refractivity contribution is -0.120. The molecule has 0 saturated heterocycles. The van der Waals surface area contributed by atoms with Crippen molar-refractivity contribution in [3.63, 3.8) is 0 Å². The lowest BCUT2D eigenvalue weighted by atomic mass is 10.0. The molecule has 0 spiro atoms. The number of benzene rings is 2. The molecule has 0 saturated carbocycles. The maximum Gasteiger partial charge on any atom is 0.244 e. The molecule has 4 rings (SSSR count). The summed E-state index contributed by atoms with van der Waals surface area (Å²) in [6, 6.07) is 18.6. The Hall–Kier alpha value is -4.00. The molecule has 32 heavy (non-hydrogen) atoms. The topological polar surface area (TPSA) is 83.9 Å². The number of methoxy groups -OCH3 is 1. The van der Waals surface area contributed by atoms with Gasteiger partial charge in [-0.3, -0.25) is 14.5 Å². The van der Waals surface area contributed by atoms with Gasteiger partial charge in [-0.1, -0.05) is 31.2 Å². The number of carbonyl (C=O) groups is 2. The van der Waals surface area contributed by atoms with E-state index in [1.165, 1.54) is 10.5 Å². The van der Waals surface area contributed by atoms with Gasteiger partial charge in [0.05, 0.1) is 19.2 Å². The predicted octanol–water partition coefficient (Wildman–Crippen LogP) is 4.15. The normalized spacial score (nSPS) is 13.1. The number of fused-ring (bicyclic) bond motifs is 1. The van der Waals surface area contributed by atoms with E-state index in [4.69, 9.17) is 9.73 Å². The number of hydrogen-bond acceptors (Lipinski definition) is 5. The smallest absolute Gasteiger partial charge is 0.244 e. The number of nitrogens with zero attached hydrogens (tertiary/aromatic N) is 3. The molecular weight excluding hydrogens is 404 g/mol. The molecule has 0 unspecified atom stereocenters. The van der Waals surface area contributed by atoms with Gasteiger partial charge in [0.2, 0.25) is 11.8 Å². The fourth-order valence-corrected chi connectivity index (χ4v) is 3.51. The van der Waals surface area contributed by atoms with E-state index in [2.05, 4.69) is 17.2 Å². The number of carbonyl (C=O) groups excluding carboxylic acids is 2. The fraction of sp³-hybridized carbons (Fsp3) is 0.200. The zero-order valence-electron chi connectivity index (χ0n) is 18.0. The number of pyridine rings is 1. The SMILES string of the molecule is CCc1ccc(C2=Nc3cccnc3N(CC(=O)Nc3ccc(OC)cc3)C(=O)C2)cc1. The Morgan fingerprint density at radius 1 is 1.09 bits per heavy atom. The first-order valence-electron chi connectivity index (χ1n) is 10.4. The Morgan fingerprint density at radius 2 is 1.84 bits per heavy atom. The first-order valence-corrected chi connectivity index (χ1v) is 10.4. The van der Waals surface area contributed by atoms with Crippen LogP contribution in [0.4, 0.5) is 17.2 Å². The minimum atomic E-state index is -0.323. The molecule has 1 aliphatic heterocycles. The van der Waals surface area contributed by atoms with Crippen LogP contribution < -0.4 is 15.0 Å². The van der Waals surface area contributed by atoms with Crippen molar-refractivity contribution in [3.8, 4) is 5.75 Å². The predicted molar refractivity (Wildman–Crippen MR) is 125 cm³/mol. The molecule has 1 aromatic heterocycles. The first-order chi connectivity index (χ1) is 15.6. The maximum absolute atomic E-state index is 13.2. The van der Waals surface area contributed by atoms with Crippen molar-refractivity contribution in [2.75, 3.05) is 23.9 Å². The molecule has 162 valence electrons. The molecule has 1 aliphatic rings. The molecule has 0 bridgehead atoms. The highest BCUT2D eigenvalue weighted by atomic mass is 16.5. The van der Waals surface area contributed by atoms with Crippen molar-refractivity contribution in [2.24, 2.45) is 4.99 Å². The molecule has 3 aromatic rings. The van der Waals surface area contributed by atoms with Crippen molar-refractivity contribution in [1.29, 1.82) is 0 Å². The lowest BCUT2D eigenvalue weighted by Gasteiger charge is -2.20. The van der Waals surface area contributed by atoms with Crippen molar-refractivity contribution in [1.82, 2.24) is 4.98 Å². The number of nitrogens with one attached hydrogen (secondary N) is 1. The quantitative estimate of drug-likeness (QED) is 0.639. The van der Waals surface area contributed by atoms with Crippen LogP contribution in [0.5, 0.6) is 5.75 Å². The van der Waals surface area contributed by atoms with Crippen molar-refractivity contribution in [2.45, 2.75) is 19.8 Å². The molecule has 0 radical (unpaired) electrons. The van der Waals surface area contributed by atoms with Crippen LogP contribution in [0.1, 0.15) is 24.5 Å². The van der Waals surface area contributed by atoms with Gasteiger partial charge >= 0.3 is 0 Å². The Balaban J connectivity index is 1.56. The Kier molecular flexibility index (Phi) is 6.26. The second kappa shape index (κ2) is 9.43. The zero-order chi connectivity index (χ0) is 22.5. The lowest BCUT2D eigenvalue weighted by Crippen LogP contribution is -2.38. The van der Waals surface area contributed by atoms with Crippen molar-refractivity contribution >= 4 is 34.7 Å². The number of rotatable bonds is 6. The van der Waals surface area contributed by atoms with Crippen molar-refractivity contribution in [3.05, 3.63) is 78.0 Å². The highest BCUT2D eigenvalue weighted by molar-refractivity contribution is 6.18. The Bertz CT molecular complexity index is 1150. The molecule has 0 fully saturated rings. The second-order valence-electron chi connectivity index (χ2n) is 7.39. The van der Waals surface area contributed by atoms with E-state index in [0.717, 1.165) is 12.0 Å². The Labute approximate surface area is 186 Å². The summed E-state index contributed by atoms with van der Waals surface area (Å²) in [6.45, 7) is 1.94. The van der Waals surface area contributed by atoms with Gasteiger partial charge in [0.15, 0.2) is 5.82 Å². The van der Waals surface area contributed by atoms with Crippen LogP contribution in [-0.4, -0.2) is 36.2 Å². The number of amides is 2. The van der Waals surface area contributed by atoms with E-state index in [1.807, 2.05) is 24.3 Å². The number of aromatic nitrogens is 1. The monoisotopic (exact) mass is 428 g/mol. The summed E-state index contributed by atoms with van der Waals surface area (Å²) in [5.41, 5.74) is 3.94. The summed E-state index contributed by atoms with van der Waals surface area (Å²) >= 11 is 0. The molecule has 0 aliphatic carbocycles. The van der Waals surface area contributed by atoms with Crippen LogP contribution in [0.3, 0.4) is 0 Å². The third-order valence-corrected chi connectivity index (χ3v) is 5.27. The molecular formula is C25H24N4O3. The number of hydrogen-bond donors (Lipinski definition) is 1. The van der Waals surface area contributed by atoms with E-state index in [1.54, 1.807) is 49.7 Å². The van der Waals surface area contributed by atoms with Gasteiger partial charge in [0.1, 0.15) is 18.0 Å². The van der Waals surface area contributed by atoms with Gasteiger partial charge in [0, 0.05) is 11.9 Å². The molecule has 2 aromatic carbocycles. The number of ether oxygens (including phenoxy) is 1. The van der Waals surface area contributed by atoms with Gasteiger partial charge in [0.25, 0.3) is 0 Å². The van der Waals surface area contributed by atoms with Crippen LogP contribution in [0, 0.1) is 0 Å². The van der Waals surface area contributed by atoms with Gasteiger partial charge < -0.3 is 10.1 Å².